The summed E-state index contributed by atoms with van der Waals surface area (Å²) in [6.45, 7) is 2.82. The van der Waals surface area contributed by atoms with Crippen molar-refractivity contribution in [3.05, 3.63) is 0 Å². The topological polar surface area (TPSA) is 69.6 Å². The Kier molecular flexibility index (Phi) is 4.09. The Labute approximate surface area is 108 Å². The maximum atomic E-state index is 12.1. The third-order valence-electron chi connectivity index (χ3n) is 4.11. The van der Waals surface area contributed by atoms with Crippen molar-refractivity contribution in [2.75, 3.05) is 6.54 Å². The first-order valence-corrected chi connectivity index (χ1v) is 6.91. The maximum Gasteiger partial charge on any atom is 0.326 e. The van der Waals surface area contributed by atoms with E-state index in [1.54, 1.807) is 0 Å². The van der Waals surface area contributed by atoms with Crippen molar-refractivity contribution in [2.45, 2.75) is 57.5 Å². The lowest BCUT2D eigenvalue weighted by atomic mass is 10.1. The number of urea groups is 1. The van der Waals surface area contributed by atoms with E-state index in [9.17, 15) is 9.59 Å². The standard InChI is InChI=1S/C13H22N2O3/c1-2-3-4-11(12(16)17)14-13(18)15-8-9-5-6-10(15)7-9/h9-11H,2-8H2,1H3,(H,14,18)(H,16,17). The van der Waals surface area contributed by atoms with Gasteiger partial charge in [-0.25, -0.2) is 9.59 Å². The van der Waals surface area contributed by atoms with Crippen LogP contribution in [-0.4, -0.2) is 40.6 Å². The molecule has 1 aliphatic carbocycles. The van der Waals surface area contributed by atoms with Gasteiger partial charge in [0.05, 0.1) is 0 Å². The number of piperidine rings is 1. The lowest BCUT2D eigenvalue weighted by Crippen LogP contribution is -2.50. The van der Waals surface area contributed by atoms with E-state index in [1.165, 1.54) is 6.42 Å². The number of fused-ring (bicyclic) bond motifs is 2. The minimum atomic E-state index is -0.929. The van der Waals surface area contributed by atoms with Gasteiger partial charge in [-0.3, -0.25) is 0 Å². The summed E-state index contributed by atoms with van der Waals surface area (Å²) in [5, 5.41) is 11.8. The van der Waals surface area contributed by atoms with Crippen molar-refractivity contribution in [1.82, 2.24) is 10.2 Å². The second-order valence-corrected chi connectivity index (χ2v) is 5.47. The van der Waals surface area contributed by atoms with Crippen molar-refractivity contribution >= 4 is 12.0 Å². The van der Waals surface area contributed by atoms with Crippen LogP contribution in [0.5, 0.6) is 0 Å². The third kappa shape index (κ3) is 2.76. The summed E-state index contributed by atoms with van der Waals surface area (Å²) in [5.74, 6) is -0.291. The molecule has 0 aromatic carbocycles. The molecule has 0 radical (unpaired) electrons. The number of aliphatic carboxylic acids is 1. The molecule has 1 saturated carbocycles. The van der Waals surface area contributed by atoms with E-state index in [1.807, 2.05) is 11.8 Å². The fourth-order valence-electron chi connectivity index (χ4n) is 3.07. The molecule has 0 spiro atoms. The van der Waals surface area contributed by atoms with Crippen LogP contribution in [0.3, 0.4) is 0 Å². The molecule has 5 nitrogen and oxygen atoms in total. The minimum Gasteiger partial charge on any atom is -0.480 e. The van der Waals surface area contributed by atoms with Crippen molar-refractivity contribution in [1.29, 1.82) is 0 Å². The van der Waals surface area contributed by atoms with Gasteiger partial charge in [0.15, 0.2) is 0 Å². The van der Waals surface area contributed by atoms with Gasteiger partial charge in [-0.2, -0.15) is 0 Å². The summed E-state index contributed by atoms with van der Waals surface area (Å²) in [6, 6.07) is -0.585. The average molecular weight is 254 g/mol. The van der Waals surface area contributed by atoms with E-state index in [0.29, 0.717) is 18.4 Å². The molecule has 102 valence electrons. The molecule has 0 aromatic heterocycles. The number of carboxylic acids is 1. The molecule has 2 aliphatic rings. The van der Waals surface area contributed by atoms with Crippen LogP contribution in [0.15, 0.2) is 0 Å². The van der Waals surface area contributed by atoms with Gasteiger partial charge in [-0.05, 0) is 31.6 Å². The van der Waals surface area contributed by atoms with E-state index in [-0.39, 0.29) is 6.03 Å². The predicted octanol–water partition coefficient (Wildman–Crippen LogP) is 1.82. The number of nitrogens with one attached hydrogen (secondary N) is 1. The van der Waals surface area contributed by atoms with E-state index in [0.717, 1.165) is 32.2 Å². The highest BCUT2D eigenvalue weighted by molar-refractivity contribution is 5.82. The first kappa shape index (κ1) is 13.2. The largest absolute Gasteiger partial charge is 0.480 e. The summed E-state index contributed by atoms with van der Waals surface area (Å²) < 4.78 is 0. The van der Waals surface area contributed by atoms with Crippen LogP contribution in [-0.2, 0) is 4.79 Å². The number of unbranched alkanes of at least 4 members (excludes halogenated alkanes) is 1. The molecule has 18 heavy (non-hydrogen) atoms. The van der Waals surface area contributed by atoms with Gasteiger partial charge < -0.3 is 15.3 Å². The SMILES string of the molecule is CCCCC(NC(=O)N1CC2CCC1C2)C(=O)O. The van der Waals surface area contributed by atoms with Crippen LogP contribution in [0.1, 0.15) is 45.4 Å². The normalized spacial score (nSPS) is 27.3. The fraction of sp³-hybridized carbons (Fsp3) is 0.846. The predicted molar refractivity (Wildman–Crippen MR) is 67.3 cm³/mol. The second kappa shape index (κ2) is 5.59. The molecule has 0 aromatic rings. The summed E-state index contributed by atoms with van der Waals surface area (Å²) in [6.07, 6.45) is 5.66. The zero-order valence-corrected chi connectivity index (χ0v) is 10.9. The van der Waals surface area contributed by atoms with E-state index >= 15 is 0 Å². The summed E-state index contributed by atoms with van der Waals surface area (Å²) in [5.41, 5.74) is 0. The molecule has 3 atom stereocenters. The Bertz CT molecular complexity index is 332. The molecule has 2 bridgehead atoms. The van der Waals surface area contributed by atoms with Crippen molar-refractivity contribution in [3.63, 3.8) is 0 Å². The molecule has 2 rings (SSSR count). The van der Waals surface area contributed by atoms with E-state index < -0.39 is 12.0 Å². The van der Waals surface area contributed by atoms with Crippen LogP contribution < -0.4 is 5.32 Å². The molecule has 1 heterocycles. The molecular formula is C13H22N2O3. The molecule has 2 fully saturated rings. The Hall–Kier alpha value is -1.26. The quantitative estimate of drug-likeness (QED) is 0.786. The average Bonchev–Trinajstić information content (AvgIpc) is 2.95. The molecule has 2 amide bonds. The number of carbonyl (C=O) groups is 2. The summed E-state index contributed by atoms with van der Waals surface area (Å²) in [4.78, 5) is 25.0. The molecule has 3 unspecified atom stereocenters. The van der Waals surface area contributed by atoms with Crippen molar-refractivity contribution < 1.29 is 14.7 Å². The third-order valence-corrected chi connectivity index (χ3v) is 4.11. The Morgan fingerprint density at radius 3 is 2.72 bits per heavy atom. The van der Waals surface area contributed by atoms with Gasteiger partial charge in [-0.15, -0.1) is 0 Å². The lowest BCUT2D eigenvalue weighted by molar-refractivity contribution is -0.139. The van der Waals surface area contributed by atoms with Crippen LogP contribution in [0.25, 0.3) is 0 Å². The lowest BCUT2D eigenvalue weighted by Gasteiger charge is -2.28. The van der Waals surface area contributed by atoms with Gasteiger partial charge in [-0.1, -0.05) is 19.8 Å². The monoisotopic (exact) mass is 254 g/mol. The van der Waals surface area contributed by atoms with Crippen LogP contribution in [0.4, 0.5) is 4.79 Å². The first-order chi connectivity index (χ1) is 8.61. The van der Waals surface area contributed by atoms with Crippen LogP contribution in [0, 0.1) is 5.92 Å². The number of rotatable bonds is 5. The molecule has 5 heteroatoms. The Morgan fingerprint density at radius 2 is 2.22 bits per heavy atom. The number of nitrogens with zero attached hydrogens (tertiary/aromatic N) is 1. The van der Waals surface area contributed by atoms with Crippen LogP contribution in [0.2, 0.25) is 0 Å². The summed E-state index contributed by atoms with van der Waals surface area (Å²) >= 11 is 0. The zero-order chi connectivity index (χ0) is 13.1. The fourth-order valence-corrected chi connectivity index (χ4v) is 3.07. The number of carboxylic acid groups (broad SMARTS) is 1. The Morgan fingerprint density at radius 1 is 1.44 bits per heavy atom. The van der Waals surface area contributed by atoms with Gasteiger partial charge >= 0.3 is 12.0 Å². The smallest absolute Gasteiger partial charge is 0.326 e. The molecular weight excluding hydrogens is 232 g/mol. The number of likely N-dealkylation sites (tertiary alicyclic amines) is 1. The van der Waals surface area contributed by atoms with Gasteiger partial charge in [0.2, 0.25) is 0 Å². The number of hydrogen-bond donors (Lipinski definition) is 2. The molecule has 1 aliphatic heterocycles. The minimum absolute atomic E-state index is 0.189. The highest BCUT2D eigenvalue weighted by atomic mass is 16.4. The van der Waals surface area contributed by atoms with E-state index in [4.69, 9.17) is 5.11 Å². The number of amides is 2. The maximum absolute atomic E-state index is 12.1. The van der Waals surface area contributed by atoms with Gasteiger partial charge in [0, 0.05) is 12.6 Å². The van der Waals surface area contributed by atoms with Crippen molar-refractivity contribution in [2.24, 2.45) is 5.92 Å². The molecule has 1 saturated heterocycles. The first-order valence-electron chi connectivity index (χ1n) is 6.91. The number of carbonyl (C=O) groups excluding carboxylic acids is 1. The second-order valence-electron chi connectivity index (χ2n) is 5.47. The van der Waals surface area contributed by atoms with Crippen LogP contribution >= 0.6 is 0 Å². The number of hydrogen-bond acceptors (Lipinski definition) is 2. The van der Waals surface area contributed by atoms with Gasteiger partial charge in [0.1, 0.15) is 6.04 Å². The highest BCUT2D eigenvalue weighted by Crippen LogP contribution is 2.37. The van der Waals surface area contributed by atoms with Crippen molar-refractivity contribution in [3.8, 4) is 0 Å². The molecule has 2 N–H and O–H groups in total. The summed E-state index contributed by atoms with van der Waals surface area (Å²) in [7, 11) is 0. The highest BCUT2D eigenvalue weighted by Gasteiger charge is 2.40. The van der Waals surface area contributed by atoms with E-state index in [2.05, 4.69) is 5.32 Å². The zero-order valence-electron chi connectivity index (χ0n) is 10.9. The Balaban J connectivity index is 1.86. The van der Waals surface area contributed by atoms with Gasteiger partial charge in [0.25, 0.3) is 0 Å².